The van der Waals surface area contributed by atoms with E-state index in [9.17, 15) is 8.42 Å². The molecular weight excluding hydrogens is 226 g/mol. The molecule has 0 spiro atoms. The van der Waals surface area contributed by atoms with Crippen molar-refractivity contribution in [3.63, 3.8) is 0 Å². The number of hydrogen-bond acceptors (Lipinski definition) is 4. The summed E-state index contributed by atoms with van der Waals surface area (Å²) in [4.78, 5) is 0.114. The molecule has 0 fully saturated rings. The van der Waals surface area contributed by atoms with Gasteiger partial charge in [-0.2, -0.15) is 8.42 Å². The van der Waals surface area contributed by atoms with Crippen LogP contribution in [0.5, 0.6) is 0 Å². The van der Waals surface area contributed by atoms with Crippen LogP contribution < -0.4 is 0 Å². The second-order valence-corrected chi connectivity index (χ2v) is 4.95. The molecule has 1 aromatic rings. The molecule has 0 heterocycles. The molecule has 0 radical (unpaired) electrons. The van der Waals surface area contributed by atoms with Gasteiger partial charge in [-0.15, -0.1) is 0 Å². The largest absolute Gasteiger partial charge is 0.358 e. The number of rotatable bonds is 5. The molecule has 0 amide bonds. The van der Waals surface area contributed by atoms with E-state index in [-0.39, 0.29) is 4.90 Å². The van der Waals surface area contributed by atoms with Crippen molar-refractivity contribution in [2.24, 2.45) is 5.16 Å². The molecule has 0 N–H and O–H groups in total. The molecule has 1 aromatic carbocycles. The van der Waals surface area contributed by atoms with Crippen LogP contribution in [0, 0.1) is 0 Å². The average molecular weight is 241 g/mol. The molecule has 0 aliphatic rings. The van der Waals surface area contributed by atoms with E-state index in [4.69, 9.17) is 0 Å². The minimum atomic E-state index is -3.76. The summed E-state index contributed by atoms with van der Waals surface area (Å²) in [6.07, 6.45) is 1.63. The minimum Gasteiger partial charge on any atom is -0.265 e. The van der Waals surface area contributed by atoms with Gasteiger partial charge in [0.2, 0.25) is 0 Å². The van der Waals surface area contributed by atoms with E-state index in [1.807, 2.05) is 6.92 Å². The third-order valence-corrected chi connectivity index (χ3v) is 3.06. The smallest absolute Gasteiger partial charge is 0.265 e. The monoisotopic (exact) mass is 241 g/mol. The summed E-state index contributed by atoms with van der Waals surface area (Å²) >= 11 is 0. The summed E-state index contributed by atoms with van der Waals surface area (Å²) in [5.74, 6) is 0. The molecule has 0 unspecified atom stereocenters. The summed E-state index contributed by atoms with van der Waals surface area (Å²) in [6.45, 7) is 3.73. The van der Waals surface area contributed by atoms with E-state index in [0.29, 0.717) is 5.71 Å². The van der Waals surface area contributed by atoms with Crippen LogP contribution in [0.2, 0.25) is 0 Å². The van der Waals surface area contributed by atoms with E-state index in [1.165, 1.54) is 12.1 Å². The number of hydrogen-bond donors (Lipinski definition) is 0. The van der Waals surface area contributed by atoms with E-state index in [1.54, 1.807) is 25.1 Å². The van der Waals surface area contributed by atoms with Crippen LogP contribution in [0.3, 0.4) is 0 Å². The Labute approximate surface area is 96.1 Å². The van der Waals surface area contributed by atoms with Gasteiger partial charge >= 0.3 is 10.1 Å². The van der Waals surface area contributed by atoms with E-state index >= 15 is 0 Å². The lowest BCUT2D eigenvalue weighted by atomic mass is 10.2. The normalized spacial score (nSPS) is 12.5. The second kappa shape index (κ2) is 5.65. The maximum Gasteiger partial charge on any atom is 0.358 e. The fourth-order valence-electron chi connectivity index (χ4n) is 1.15. The van der Waals surface area contributed by atoms with Crippen molar-refractivity contribution in [3.8, 4) is 0 Å². The van der Waals surface area contributed by atoms with E-state index in [2.05, 4.69) is 9.44 Å². The van der Waals surface area contributed by atoms with Crippen LogP contribution in [0.25, 0.3) is 0 Å². The van der Waals surface area contributed by atoms with Gasteiger partial charge in [0, 0.05) is 0 Å². The maximum absolute atomic E-state index is 11.6. The molecule has 0 atom stereocenters. The van der Waals surface area contributed by atoms with Gasteiger partial charge in [0.1, 0.15) is 4.90 Å². The first-order chi connectivity index (χ1) is 7.56. The van der Waals surface area contributed by atoms with Crippen molar-refractivity contribution >= 4 is 15.8 Å². The van der Waals surface area contributed by atoms with Crippen LogP contribution in [-0.2, 0) is 14.4 Å². The lowest BCUT2D eigenvalue weighted by molar-refractivity contribution is 0.337. The maximum atomic E-state index is 11.6. The molecule has 0 aliphatic carbocycles. The van der Waals surface area contributed by atoms with Crippen molar-refractivity contribution in [1.82, 2.24) is 0 Å². The molecular formula is C11H15NO3S. The summed E-state index contributed by atoms with van der Waals surface area (Å²) in [5.41, 5.74) is 0.669. The van der Waals surface area contributed by atoms with Crippen molar-refractivity contribution in [1.29, 1.82) is 0 Å². The molecule has 0 aliphatic heterocycles. The van der Waals surface area contributed by atoms with Gasteiger partial charge in [0.15, 0.2) is 0 Å². The van der Waals surface area contributed by atoms with Crippen molar-refractivity contribution < 1.29 is 12.7 Å². The highest BCUT2D eigenvalue weighted by atomic mass is 32.2. The van der Waals surface area contributed by atoms with Gasteiger partial charge in [0.05, 0.1) is 5.71 Å². The first-order valence-electron chi connectivity index (χ1n) is 5.08. The van der Waals surface area contributed by atoms with Gasteiger partial charge in [-0.25, -0.2) is 0 Å². The zero-order valence-corrected chi connectivity index (χ0v) is 10.2. The predicted octanol–water partition coefficient (Wildman–Crippen LogP) is 2.57. The molecule has 0 saturated carbocycles. The Morgan fingerprint density at radius 2 is 1.94 bits per heavy atom. The summed E-state index contributed by atoms with van der Waals surface area (Å²) < 4.78 is 27.8. The minimum absolute atomic E-state index is 0.114. The van der Waals surface area contributed by atoms with Crippen LogP contribution in [0.4, 0.5) is 0 Å². The molecule has 16 heavy (non-hydrogen) atoms. The van der Waals surface area contributed by atoms with Crippen molar-refractivity contribution in [3.05, 3.63) is 30.3 Å². The topological polar surface area (TPSA) is 55.7 Å². The quantitative estimate of drug-likeness (QED) is 0.588. The van der Waals surface area contributed by atoms with E-state index in [0.717, 1.165) is 12.8 Å². The molecule has 4 nitrogen and oxygen atoms in total. The fourth-order valence-corrected chi connectivity index (χ4v) is 1.95. The Kier molecular flexibility index (Phi) is 4.49. The fraction of sp³-hybridized carbons (Fsp3) is 0.364. The highest BCUT2D eigenvalue weighted by molar-refractivity contribution is 7.86. The van der Waals surface area contributed by atoms with Crippen LogP contribution >= 0.6 is 0 Å². The first-order valence-corrected chi connectivity index (χ1v) is 6.49. The third-order valence-electron chi connectivity index (χ3n) is 1.93. The Balaban J connectivity index is 2.78. The van der Waals surface area contributed by atoms with Crippen LogP contribution in [0.15, 0.2) is 40.4 Å². The molecule has 88 valence electrons. The van der Waals surface area contributed by atoms with Crippen LogP contribution in [0.1, 0.15) is 26.7 Å². The lowest BCUT2D eigenvalue weighted by Gasteiger charge is -2.02. The van der Waals surface area contributed by atoms with E-state index < -0.39 is 10.1 Å². The third kappa shape index (κ3) is 3.66. The molecule has 0 aromatic heterocycles. The van der Waals surface area contributed by atoms with Gasteiger partial charge in [-0.1, -0.05) is 36.7 Å². The second-order valence-electron chi connectivity index (χ2n) is 3.42. The van der Waals surface area contributed by atoms with Gasteiger partial charge in [0.25, 0.3) is 0 Å². The molecule has 5 heteroatoms. The van der Waals surface area contributed by atoms with Crippen LogP contribution in [-0.4, -0.2) is 14.1 Å². The Morgan fingerprint density at radius 3 is 2.50 bits per heavy atom. The summed E-state index contributed by atoms with van der Waals surface area (Å²) in [6, 6.07) is 7.96. The molecule has 0 bridgehead atoms. The highest BCUT2D eigenvalue weighted by Gasteiger charge is 2.14. The van der Waals surface area contributed by atoms with Crippen molar-refractivity contribution in [2.75, 3.05) is 0 Å². The van der Waals surface area contributed by atoms with Gasteiger partial charge in [-0.3, -0.25) is 4.28 Å². The van der Waals surface area contributed by atoms with Gasteiger partial charge < -0.3 is 0 Å². The highest BCUT2D eigenvalue weighted by Crippen LogP contribution is 2.11. The summed E-state index contributed by atoms with van der Waals surface area (Å²) in [5, 5.41) is 3.59. The molecule has 0 saturated heterocycles. The Morgan fingerprint density at radius 1 is 1.31 bits per heavy atom. The average Bonchev–Trinajstić information content (AvgIpc) is 2.28. The van der Waals surface area contributed by atoms with Gasteiger partial charge in [-0.05, 0) is 25.5 Å². The standard InChI is InChI=1S/C11H15NO3S/c1-3-7-10(2)12-15-16(13,14)11-8-5-4-6-9-11/h4-6,8-9H,3,7H2,1-2H3. The Bertz CT molecular complexity index is 451. The number of oxime groups is 1. The first kappa shape index (κ1) is 12.7. The predicted molar refractivity (Wildman–Crippen MR) is 62.7 cm³/mol. The number of nitrogens with zero attached hydrogens (tertiary/aromatic N) is 1. The SMILES string of the molecule is CCCC(C)=NOS(=O)(=O)c1ccccc1. The lowest BCUT2D eigenvalue weighted by Crippen LogP contribution is -2.04. The number of benzene rings is 1. The zero-order chi connectivity index (χ0) is 12.0. The summed E-state index contributed by atoms with van der Waals surface area (Å²) in [7, 11) is -3.76. The van der Waals surface area contributed by atoms with Crippen molar-refractivity contribution in [2.45, 2.75) is 31.6 Å². The Hall–Kier alpha value is -1.36. The zero-order valence-electron chi connectivity index (χ0n) is 9.38. The molecule has 1 rings (SSSR count).